The zero-order chi connectivity index (χ0) is 26.4. The maximum atomic E-state index is 12.9. The minimum Gasteiger partial charge on any atom is -0.490 e. The van der Waals surface area contributed by atoms with Crippen molar-refractivity contribution in [2.75, 3.05) is 13.7 Å². The molecule has 1 saturated heterocycles. The fourth-order valence-electron chi connectivity index (χ4n) is 5.64. The second-order valence-corrected chi connectivity index (χ2v) is 11.8. The smallest absolute Gasteiger partial charge is 0.207 e. The number of aryl methyl sites for hydroxylation is 1. The summed E-state index contributed by atoms with van der Waals surface area (Å²) in [6.07, 6.45) is -1.26. The van der Waals surface area contributed by atoms with Gasteiger partial charge in [-0.25, -0.2) is 8.42 Å². The van der Waals surface area contributed by atoms with E-state index in [-0.39, 0.29) is 16.4 Å². The lowest BCUT2D eigenvalue weighted by Gasteiger charge is -2.41. The van der Waals surface area contributed by atoms with E-state index in [0.717, 1.165) is 31.4 Å². The van der Waals surface area contributed by atoms with E-state index in [9.17, 15) is 18.6 Å². The number of methoxy groups -OCH3 is 1. The van der Waals surface area contributed by atoms with Gasteiger partial charge in [-0.1, -0.05) is 30.3 Å². The van der Waals surface area contributed by atoms with Gasteiger partial charge < -0.3 is 29.2 Å². The van der Waals surface area contributed by atoms with Crippen LogP contribution >= 0.6 is 0 Å². The Hall–Kier alpha value is -2.95. The molecule has 0 spiro atoms. The van der Waals surface area contributed by atoms with Gasteiger partial charge in [0.15, 0.2) is 12.4 Å². The number of ether oxygens (including phenoxy) is 4. The summed E-state index contributed by atoms with van der Waals surface area (Å²) in [6, 6.07) is 17.4. The lowest BCUT2D eigenvalue weighted by atomic mass is 9.91. The maximum Gasteiger partial charge on any atom is 0.207 e. The van der Waals surface area contributed by atoms with E-state index in [1.807, 2.05) is 12.1 Å². The van der Waals surface area contributed by atoms with Crippen LogP contribution in [-0.4, -0.2) is 63.1 Å². The first kappa shape index (κ1) is 25.3. The van der Waals surface area contributed by atoms with Gasteiger partial charge in [0.2, 0.25) is 9.84 Å². The molecular formula is C29H30O8S. The molecule has 6 rings (SSSR count). The fraction of sp³-hybridized carbons (Fsp3) is 0.379. The van der Waals surface area contributed by atoms with Crippen molar-refractivity contribution >= 4 is 9.84 Å². The van der Waals surface area contributed by atoms with Crippen molar-refractivity contribution in [1.29, 1.82) is 0 Å². The molecule has 0 aromatic heterocycles. The molecule has 1 aliphatic carbocycles. The molecule has 9 heteroatoms. The van der Waals surface area contributed by atoms with Gasteiger partial charge in [0.05, 0.1) is 9.79 Å². The summed E-state index contributed by atoms with van der Waals surface area (Å²) in [7, 11) is -2.17. The Bertz CT molecular complexity index is 1450. The molecule has 2 heterocycles. The van der Waals surface area contributed by atoms with Crippen molar-refractivity contribution in [3.05, 3.63) is 71.8 Å². The molecular weight excluding hydrogens is 508 g/mol. The standard InChI is InChI=1S/C29H30O8S/c1-34-29-28(36-18-13-14-25-21(15-18)20-10-4-5-12-24(20)38(25,32)33)27(31)26(30)23(37-29)16-35-22-11-6-8-17-7-2-3-9-19(17)22/h4-6,8,10-15,23,26-31H,2-3,7,9,16H2,1H3/t23-,26-,27+,28-,29+/m1/s1. The van der Waals surface area contributed by atoms with Gasteiger partial charge in [0.25, 0.3) is 0 Å². The average molecular weight is 539 g/mol. The quantitative estimate of drug-likeness (QED) is 0.385. The molecule has 0 unspecified atom stereocenters. The SMILES string of the molecule is CO[C@H]1O[C@H](COc2cccc3c2CCCC3)[C@@H](O)[C@H](O)[C@H]1Oc1ccc2c(c1)-c1ccccc1S2(=O)=O. The highest BCUT2D eigenvalue weighted by Crippen LogP contribution is 2.44. The highest BCUT2D eigenvalue weighted by Gasteiger charge is 2.47. The van der Waals surface area contributed by atoms with Crippen LogP contribution in [0.5, 0.6) is 11.5 Å². The van der Waals surface area contributed by atoms with E-state index in [2.05, 4.69) is 6.07 Å². The van der Waals surface area contributed by atoms with Crippen LogP contribution in [-0.2, 0) is 32.2 Å². The molecule has 8 nitrogen and oxygen atoms in total. The highest BCUT2D eigenvalue weighted by molar-refractivity contribution is 7.92. The van der Waals surface area contributed by atoms with Crippen LogP contribution < -0.4 is 9.47 Å². The minimum absolute atomic E-state index is 0.0365. The number of benzene rings is 3. The molecule has 0 amide bonds. The van der Waals surface area contributed by atoms with E-state index in [1.54, 1.807) is 30.3 Å². The van der Waals surface area contributed by atoms with Crippen LogP contribution in [0.15, 0.2) is 70.5 Å². The Labute approximate surface area is 221 Å². The van der Waals surface area contributed by atoms with Crippen LogP contribution in [0.3, 0.4) is 0 Å². The lowest BCUT2D eigenvalue weighted by molar-refractivity contribution is -0.287. The van der Waals surface area contributed by atoms with Crippen LogP contribution in [0.2, 0.25) is 0 Å². The van der Waals surface area contributed by atoms with Crippen LogP contribution in [0, 0.1) is 0 Å². The first-order valence-electron chi connectivity index (χ1n) is 12.8. The first-order valence-corrected chi connectivity index (χ1v) is 14.3. The van der Waals surface area contributed by atoms with Gasteiger partial charge in [-0.15, -0.1) is 0 Å². The van der Waals surface area contributed by atoms with Crippen LogP contribution in [0.4, 0.5) is 0 Å². The summed E-state index contributed by atoms with van der Waals surface area (Å²) in [4.78, 5) is 0.455. The highest BCUT2D eigenvalue weighted by atomic mass is 32.2. The summed E-state index contributed by atoms with van der Waals surface area (Å²) in [5.41, 5.74) is 3.59. The van der Waals surface area contributed by atoms with E-state index < -0.39 is 40.5 Å². The number of aliphatic hydroxyl groups is 2. The molecule has 0 radical (unpaired) electrons. The number of hydrogen-bond acceptors (Lipinski definition) is 8. The summed E-state index contributed by atoms with van der Waals surface area (Å²) in [5, 5.41) is 21.9. The predicted molar refractivity (Wildman–Crippen MR) is 138 cm³/mol. The van der Waals surface area contributed by atoms with Gasteiger partial charge in [0, 0.05) is 18.2 Å². The molecule has 5 atom stereocenters. The number of hydrogen-bond donors (Lipinski definition) is 2. The zero-order valence-electron chi connectivity index (χ0n) is 20.9. The Balaban J connectivity index is 1.19. The zero-order valence-corrected chi connectivity index (χ0v) is 21.8. The van der Waals surface area contributed by atoms with Gasteiger partial charge in [0.1, 0.15) is 36.4 Å². The van der Waals surface area contributed by atoms with Gasteiger partial charge in [-0.2, -0.15) is 0 Å². The molecule has 2 aliphatic heterocycles. The molecule has 2 N–H and O–H groups in total. The molecule has 3 aromatic rings. The molecule has 0 saturated carbocycles. The van der Waals surface area contributed by atoms with Gasteiger partial charge in [-0.3, -0.25) is 0 Å². The summed E-state index contributed by atoms with van der Waals surface area (Å²) >= 11 is 0. The van der Waals surface area contributed by atoms with Crippen molar-refractivity contribution in [2.45, 2.75) is 66.2 Å². The van der Waals surface area contributed by atoms with Crippen molar-refractivity contribution in [1.82, 2.24) is 0 Å². The number of aliphatic hydroxyl groups excluding tert-OH is 2. The van der Waals surface area contributed by atoms with E-state index in [1.165, 1.54) is 30.4 Å². The predicted octanol–water partition coefficient (Wildman–Crippen LogP) is 3.30. The third kappa shape index (κ3) is 4.28. The summed E-state index contributed by atoms with van der Waals surface area (Å²) in [6.45, 7) is 0.0365. The number of sulfone groups is 1. The topological polar surface area (TPSA) is 112 Å². The third-order valence-electron chi connectivity index (χ3n) is 7.61. The van der Waals surface area contributed by atoms with Crippen molar-refractivity contribution in [3.63, 3.8) is 0 Å². The molecule has 0 bridgehead atoms. The second-order valence-electron chi connectivity index (χ2n) is 9.91. The maximum absolute atomic E-state index is 12.9. The Kier molecular flexibility index (Phi) is 6.65. The Morgan fingerprint density at radius 1 is 0.921 bits per heavy atom. The molecule has 3 aromatic carbocycles. The van der Waals surface area contributed by atoms with Gasteiger partial charge in [-0.05, 0) is 67.1 Å². The van der Waals surface area contributed by atoms with Crippen LogP contribution in [0.25, 0.3) is 11.1 Å². The van der Waals surface area contributed by atoms with Crippen molar-refractivity contribution < 1.29 is 37.6 Å². The average Bonchev–Trinajstić information content (AvgIpc) is 3.17. The van der Waals surface area contributed by atoms with Crippen molar-refractivity contribution in [3.8, 4) is 22.6 Å². The monoisotopic (exact) mass is 538 g/mol. The Morgan fingerprint density at radius 2 is 1.71 bits per heavy atom. The summed E-state index contributed by atoms with van der Waals surface area (Å²) in [5.74, 6) is 1.09. The van der Waals surface area contributed by atoms with E-state index >= 15 is 0 Å². The Morgan fingerprint density at radius 3 is 2.55 bits per heavy atom. The molecule has 200 valence electrons. The van der Waals surface area contributed by atoms with E-state index in [0.29, 0.717) is 16.9 Å². The van der Waals surface area contributed by atoms with Crippen molar-refractivity contribution in [2.24, 2.45) is 0 Å². The number of fused-ring (bicyclic) bond motifs is 4. The third-order valence-corrected chi connectivity index (χ3v) is 9.48. The first-order chi connectivity index (χ1) is 18.4. The lowest BCUT2D eigenvalue weighted by Crippen LogP contribution is -2.61. The fourth-order valence-corrected chi connectivity index (χ4v) is 7.31. The van der Waals surface area contributed by atoms with E-state index in [4.69, 9.17) is 18.9 Å². The largest absolute Gasteiger partial charge is 0.490 e. The normalized spacial score (nSPS) is 27.2. The summed E-state index contributed by atoms with van der Waals surface area (Å²) < 4.78 is 49.3. The second kappa shape index (κ2) is 9.98. The van der Waals surface area contributed by atoms with Crippen LogP contribution in [0.1, 0.15) is 24.0 Å². The molecule has 1 fully saturated rings. The minimum atomic E-state index is -3.60. The number of rotatable bonds is 6. The molecule has 3 aliphatic rings. The van der Waals surface area contributed by atoms with Gasteiger partial charge >= 0.3 is 0 Å². The molecule has 38 heavy (non-hydrogen) atoms.